The first-order valence-electron chi connectivity index (χ1n) is 5.76. The summed E-state index contributed by atoms with van der Waals surface area (Å²) in [6.07, 6.45) is 3.24. The Morgan fingerprint density at radius 1 is 1.47 bits per heavy atom. The van der Waals surface area contributed by atoms with Crippen molar-refractivity contribution < 1.29 is 4.79 Å². The number of carbonyl (C=O) groups is 1. The molecule has 0 saturated carbocycles. The second-order valence-electron chi connectivity index (χ2n) is 4.05. The monoisotopic (exact) mass is 252 g/mol. The lowest BCUT2D eigenvalue weighted by Gasteiger charge is -2.10. The molecule has 0 aliphatic carbocycles. The number of rotatable bonds is 6. The van der Waals surface area contributed by atoms with E-state index in [4.69, 9.17) is 5.73 Å². The van der Waals surface area contributed by atoms with Crippen molar-refractivity contribution in [2.75, 3.05) is 18.5 Å². The fourth-order valence-corrected chi connectivity index (χ4v) is 1.69. The van der Waals surface area contributed by atoms with Gasteiger partial charge in [-0.15, -0.1) is 0 Å². The van der Waals surface area contributed by atoms with Crippen LogP contribution < -0.4 is 11.1 Å². The number of para-hydroxylation sites is 1. The van der Waals surface area contributed by atoms with Crippen LogP contribution in [0.5, 0.6) is 0 Å². The summed E-state index contributed by atoms with van der Waals surface area (Å²) in [6, 6.07) is 7.68. The molecule has 17 heavy (non-hydrogen) atoms. The Labute approximate surface area is 107 Å². The molecule has 94 valence electrons. The van der Waals surface area contributed by atoms with Crippen LogP contribution in [-0.2, 0) is 11.2 Å². The summed E-state index contributed by atoms with van der Waals surface area (Å²) >= 11 is 1.75. The van der Waals surface area contributed by atoms with E-state index >= 15 is 0 Å². The number of hydrogen-bond acceptors (Lipinski definition) is 3. The maximum atomic E-state index is 11.6. The molecule has 1 aromatic rings. The number of carbonyl (C=O) groups excluding carboxylic acids is 1. The zero-order valence-corrected chi connectivity index (χ0v) is 11.2. The lowest BCUT2D eigenvalue weighted by Crippen LogP contribution is -2.29. The van der Waals surface area contributed by atoms with E-state index in [1.165, 1.54) is 0 Å². The minimum atomic E-state index is 0.0918. The molecule has 1 amide bonds. The van der Waals surface area contributed by atoms with Crippen molar-refractivity contribution in [2.45, 2.75) is 25.0 Å². The van der Waals surface area contributed by atoms with Crippen LogP contribution in [0.3, 0.4) is 0 Å². The van der Waals surface area contributed by atoms with Crippen LogP contribution in [0.2, 0.25) is 0 Å². The third kappa shape index (κ3) is 5.13. The standard InChI is InChI=1S/C13H20N2OS/c1-10(17-2)9-15-13(16)8-7-11-5-3-4-6-12(11)14/h3-6,10H,7-9,14H2,1-2H3,(H,15,16). The quantitative estimate of drug-likeness (QED) is 0.762. The molecule has 0 bridgehead atoms. The smallest absolute Gasteiger partial charge is 0.220 e. The molecule has 0 aliphatic heterocycles. The van der Waals surface area contributed by atoms with E-state index in [-0.39, 0.29) is 5.91 Å². The first kappa shape index (κ1) is 13.9. The highest BCUT2D eigenvalue weighted by atomic mass is 32.2. The van der Waals surface area contributed by atoms with E-state index in [1.54, 1.807) is 11.8 Å². The van der Waals surface area contributed by atoms with Gasteiger partial charge in [0.25, 0.3) is 0 Å². The fraction of sp³-hybridized carbons (Fsp3) is 0.462. The molecule has 1 atom stereocenters. The van der Waals surface area contributed by atoms with E-state index in [0.717, 1.165) is 17.8 Å². The maximum Gasteiger partial charge on any atom is 0.220 e. The highest BCUT2D eigenvalue weighted by Gasteiger charge is 2.05. The zero-order valence-electron chi connectivity index (χ0n) is 10.4. The predicted molar refractivity (Wildman–Crippen MR) is 75.2 cm³/mol. The largest absolute Gasteiger partial charge is 0.399 e. The van der Waals surface area contributed by atoms with Crippen molar-refractivity contribution in [1.82, 2.24) is 5.32 Å². The molecule has 1 unspecified atom stereocenters. The van der Waals surface area contributed by atoms with E-state index in [0.29, 0.717) is 18.1 Å². The van der Waals surface area contributed by atoms with Gasteiger partial charge in [-0.25, -0.2) is 0 Å². The topological polar surface area (TPSA) is 55.1 Å². The highest BCUT2D eigenvalue weighted by molar-refractivity contribution is 7.99. The molecule has 4 heteroatoms. The van der Waals surface area contributed by atoms with Gasteiger partial charge in [0, 0.05) is 23.9 Å². The van der Waals surface area contributed by atoms with E-state index < -0.39 is 0 Å². The Morgan fingerprint density at radius 3 is 2.82 bits per heavy atom. The average Bonchev–Trinajstić information content (AvgIpc) is 2.35. The molecule has 0 radical (unpaired) electrons. The van der Waals surface area contributed by atoms with Crippen LogP contribution in [0.15, 0.2) is 24.3 Å². The Balaban J connectivity index is 2.31. The molecule has 0 aromatic heterocycles. The van der Waals surface area contributed by atoms with Crippen LogP contribution >= 0.6 is 11.8 Å². The van der Waals surface area contributed by atoms with Gasteiger partial charge < -0.3 is 11.1 Å². The molecule has 3 nitrogen and oxygen atoms in total. The molecular weight excluding hydrogens is 232 g/mol. The summed E-state index contributed by atoms with van der Waals surface area (Å²) in [5, 5.41) is 3.38. The van der Waals surface area contributed by atoms with Crippen molar-refractivity contribution >= 4 is 23.4 Å². The van der Waals surface area contributed by atoms with Crippen LogP contribution in [0.25, 0.3) is 0 Å². The molecule has 1 aromatic carbocycles. The maximum absolute atomic E-state index is 11.6. The van der Waals surface area contributed by atoms with Crippen molar-refractivity contribution in [3.05, 3.63) is 29.8 Å². The summed E-state index contributed by atoms with van der Waals surface area (Å²) < 4.78 is 0. The lowest BCUT2D eigenvalue weighted by atomic mass is 10.1. The third-order valence-electron chi connectivity index (χ3n) is 2.67. The Morgan fingerprint density at radius 2 is 2.18 bits per heavy atom. The third-order valence-corrected chi connectivity index (χ3v) is 3.64. The second-order valence-corrected chi connectivity index (χ2v) is 5.33. The highest BCUT2D eigenvalue weighted by Crippen LogP contribution is 2.12. The average molecular weight is 252 g/mol. The lowest BCUT2D eigenvalue weighted by molar-refractivity contribution is -0.121. The first-order chi connectivity index (χ1) is 8.13. The van der Waals surface area contributed by atoms with Gasteiger partial charge in [-0.3, -0.25) is 4.79 Å². The molecule has 0 spiro atoms. The minimum absolute atomic E-state index is 0.0918. The number of benzene rings is 1. The van der Waals surface area contributed by atoms with E-state index in [1.807, 2.05) is 30.5 Å². The summed E-state index contributed by atoms with van der Waals surface area (Å²) in [4.78, 5) is 11.6. The van der Waals surface area contributed by atoms with Crippen molar-refractivity contribution in [2.24, 2.45) is 0 Å². The summed E-state index contributed by atoms with van der Waals surface area (Å²) in [6.45, 7) is 2.82. The molecular formula is C13H20N2OS. The van der Waals surface area contributed by atoms with Crippen molar-refractivity contribution in [3.8, 4) is 0 Å². The van der Waals surface area contributed by atoms with Gasteiger partial charge in [0.15, 0.2) is 0 Å². The SMILES string of the molecule is CSC(C)CNC(=O)CCc1ccccc1N. The number of nitrogens with two attached hydrogens (primary N) is 1. The molecule has 3 N–H and O–H groups in total. The number of hydrogen-bond donors (Lipinski definition) is 2. The molecule has 0 aliphatic rings. The van der Waals surface area contributed by atoms with Gasteiger partial charge >= 0.3 is 0 Å². The van der Waals surface area contributed by atoms with E-state index in [9.17, 15) is 4.79 Å². The van der Waals surface area contributed by atoms with Gasteiger partial charge in [-0.2, -0.15) is 11.8 Å². The minimum Gasteiger partial charge on any atom is -0.399 e. The van der Waals surface area contributed by atoms with Crippen LogP contribution in [0.1, 0.15) is 18.9 Å². The fourth-order valence-electron chi connectivity index (χ4n) is 1.44. The number of thioether (sulfide) groups is 1. The summed E-state index contributed by atoms with van der Waals surface area (Å²) in [5.74, 6) is 0.0918. The second kappa shape index (κ2) is 7.22. The predicted octanol–water partition coefficient (Wildman–Crippen LogP) is 2.07. The molecule has 0 fully saturated rings. The van der Waals surface area contributed by atoms with Gasteiger partial charge in [0.1, 0.15) is 0 Å². The number of nitrogen functional groups attached to an aromatic ring is 1. The number of aryl methyl sites for hydroxylation is 1. The first-order valence-corrected chi connectivity index (χ1v) is 7.05. The molecule has 0 heterocycles. The van der Waals surface area contributed by atoms with Crippen molar-refractivity contribution in [1.29, 1.82) is 0 Å². The summed E-state index contributed by atoms with van der Waals surface area (Å²) in [5.41, 5.74) is 7.62. The van der Waals surface area contributed by atoms with Gasteiger partial charge in [-0.1, -0.05) is 25.1 Å². The Kier molecular flexibility index (Phi) is 5.91. The number of anilines is 1. The van der Waals surface area contributed by atoms with Gasteiger partial charge in [0.2, 0.25) is 5.91 Å². The normalized spacial score (nSPS) is 12.1. The van der Waals surface area contributed by atoms with Crippen LogP contribution in [-0.4, -0.2) is 24.0 Å². The zero-order chi connectivity index (χ0) is 12.7. The Hall–Kier alpha value is -1.16. The van der Waals surface area contributed by atoms with E-state index in [2.05, 4.69) is 12.2 Å². The molecule has 0 saturated heterocycles. The van der Waals surface area contributed by atoms with Gasteiger partial charge in [0.05, 0.1) is 0 Å². The Bertz CT molecular complexity index is 368. The summed E-state index contributed by atoms with van der Waals surface area (Å²) in [7, 11) is 0. The number of nitrogens with one attached hydrogen (secondary N) is 1. The molecule has 1 rings (SSSR count). The van der Waals surface area contributed by atoms with Crippen molar-refractivity contribution in [3.63, 3.8) is 0 Å². The van der Waals surface area contributed by atoms with Crippen LogP contribution in [0.4, 0.5) is 5.69 Å². The van der Waals surface area contributed by atoms with Crippen LogP contribution in [0, 0.1) is 0 Å². The number of amides is 1. The van der Waals surface area contributed by atoms with Gasteiger partial charge in [-0.05, 0) is 24.3 Å².